The van der Waals surface area contributed by atoms with Crippen molar-refractivity contribution in [1.82, 2.24) is 5.32 Å². The van der Waals surface area contributed by atoms with E-state index < -0.39 is 9.84 Å². The van der Waals surface area contributed by atoms with Gasteiger partial charge in [-0.25, -0.2) is 8.42 Å². The number of anilines is 1. The van der Waals surface area contributed by atoms with Gasteiger partial charge in [-0.1, -0.05) is 42.0 Å². The molecule has 28 heavy (non-hydrogen) atoms. The summed E-state index contributed by atoms with van der Waals surface area (Å²) in [7, 11) is -3.32. The molecule has 0 spiro atoms. The highest BCUT2D eigenvalue weighted by Gasteiger charge is 2.16. The third-order valence-electron chi connectivity index (χ3n) is 4.25. The summed E-state index contributed by atoms with van der Waals surface area (Å²) in [5.74, 6) is -0.237. The molecule has 1 amide bonds. The van der Waals surface area contributed by atoms with Gasteiger partial charge < -0.3 is 5.32 Å². The van der Waals surface area contributed by atoms with Crippen molar-refractivity contribution in [3.05, 3.63) is 82.0 Å². The van der Waals surface area contributed by atoms with Crippen LogP contribution in [0.3, 0.4) is 0 Å². The number of amides is 1. The summed E-state index contributed by atoms with van der Waals surface area (Å²) in [6.07, 6.45) is 1.14. The molecule has 2 aromatic carbocycles. The van der Waals surface area contributed by atoms with Crippen molar-refractivity contribution in [2.75, 3.05) is 18.1 Å². The standard InChI is InChI=1S/C21H22N2O3S2/c1-15-8-10-16(11-9-15)21(19-7-4-12-27-19)22-14-20(24)23-17-5-3-6-18(13-17)28(2,25)26/h3-13,21-22H,14H2,1-2H3,(H,23,24)/t21-/m0/s1. The van der Waals surface area contributed by atoms with Crippen molar-refractivity contribution in [2.45, 2.75) is 17.9 Å². The maximum absolute atomic E-state index is 12.4. The van der Waals surface area contributed by atoms with Crippen LogP contribution in [0.25, 0.3) is 0 Å². The maximum atomic E-state index is 12.4. The Balaban J connectivity index is 1.70. The van der Waals surface area contributed by atoms with Gasteiger partial charge >= 0.3 is 0 Å². The molecule has 1 atom stereocenters. The van der Waals surface area contributed by atoms with Gasteiger partial charge in [0.05, 0.1) is 17.5 Å². The number of thiophene rings is 1. The molecule has 146 valence electrons. The molecule has 0 saturated heterocycles. The second kappa shape index (κ2) is 8.68. The Morgan fingerprint density at radius 1 is 1.07 bits per heavy atom. The third kappa shape index (κ3) is 5.28. The van der Waals surface area contributed by atoms with E-state index in [2.05, 4.69) is 22.8 Å². The first kappa shape index (κ1) is 20.3. The van der Waals surface area contributed by atoms with E-state index in [1.54, 1.807) is 23.5 Å². The SMILES string of the molecule is Cc1ccc([C@H](NCC(=O)Nc2cccc(S(C)(=O)=O)c2)c2cccs2)cc1. The molecular weight excluding hydrogens is 392 g/mol. The highest BCUT2D eigenvalue weighted by Crippen LogP contribution is 2.26. The molecule has 0 saturated carbocycles. The van der Waals surface area contributed by atoms with E-state index in [1.165, 1.54) is 17.7 Å². The maximum Gasteiger partial charge on any atom is 0.238 e. The lowest BCUT2D eigenvalue weighted by molar-refractivity contribution is -0.115. The van der Waals surface area contributed by atoms with Crippen molar-refractivity contribution in [2.24, 2.45) is 0 Å². The number of sulfone groups is 1. The third-order valence-corrected chi connectivity index (χ3v) is 6.30. The Bertz CT molecular complexity index is 1040. The molecule has 7 heteroatoms. The highest BCUT2D eigenvalue weighted by molar-refractivity contribution is 7.90. The first-order valence-corrected chi connectivity index (χ1v) is 11.5. The Labute approximate surface area is 169 Å². The summed E-state index contributed by atoms with van der Waals surface area (Å²) in [6.45, 7) is 2.13. The minimum absolute atomic E-state index is 0.0892. The van der Waals surface area contributed by atoms with Gasteiger partial charge in [-0.3, -0.25) is 10.1 Å². The number of carbonyl (C=O) groups is 1. The van der Waals surface area contributed by atoms with E-state index in [0.29, 0.717) is 5.69 Å². The quantitative estimate of drug-likeness (QED) is 0.617. The number of hydrogen-bond donors (Lipinski definition) is 2. The van der Waals surface area contributed by atoms with Gasteiger partial charge in [0.1, 0.15) is 0 Å². The lowest BCUT2D eigenvalue weighted by Crippen LogP contribution is -2.31. The molecule has 0 radical (unpaired) electrons. The summed E-state index contributed by atoms with van der Waals surface area (Å²) in [6, 6.07) is 18.4. The fourth-order valence-corrected chi connectivity index (χ4v) is 4.30. The van der Waals surface area contributed by atoms with Crippen molar-refractivity contribution in [3.63, 3.8) is 0 Å². The Hall–Kier alpha value is -2.48. The minimum Gasteiger partial charge on any atom is -0.325 e. The normalized spacial score (nSPS) is 12.5. The molecule has 0 unspecified atom stereocenters. The second-order valence-electron chi connectivity index (χ2n) is 6.59. The number of rotatable bonds is 7. The van der Waals surface area contributed by atoms with E-state index in [1.807, 2.05) is 36.6 Å². The molecule has 3 rings (SSSR count). The zero-order valence-electron chi connectivity index (χ0n) is 15.7. The van der Waals surface area contributed by atoms with Crippen LogP contribution in [-0.4, -0.2) is 27.1 Å². The summed E-state index contributed by atoms with van der Waals surface area (Å²) in [4.78, 5) is 13.7. The van der Waals surface area contributed by atoms with Crippen LogP contribution in [0.5, 0.6) is 0 Å². The number of benzene rings is 2. The number of hydrogen-bond acceptors (Lipinski definition) is 5. The van der Waals surface area contributed by atoms with Gasteiger partial charge in [-0.05, 0) is 42.1 Å². The van der Waals surface area contributed by atoms with Crippen molar-refractivity contribution in [1.29, 1.82) is 0 Å². The van der Waals surface area contributed by atoms with Gasteiger partial charge in [-0.15, -0.1) is 11.3 Å². The minimum atomic E-state index is -3.32. The molecule has 2 N–H and O–H groups in total. The lowest BCUT2D eigenvalue weighted by atomic mass is 10.0. The van der Waals surface area contributed by atoms with Crippen LogP contribution in [0.1, 0.15) is 22.0 Å². The molecule has 3 aromatic rings. The van der Waals surface area contributed by atoms with Crippen LogP contribution in [0.2, 0.25) is 0 Å². The predicted octanol–water partition coefficient (Wildman–Crippen LogP) is 3.78. The Morgan fingerprint density at radius 3 is 2.46 bits per heavy atom. The predicted molar refractivity (Wildman–Crippen MR) is 114 cm³/mol. The van der Waals surface area contributed by atoms with E-state index in [9.17, 15) is 13.2 Å². The first-order chi connectivity index (χ1) is 13.3. The zero-order valence-corrected chi connectivity index (χ0v) is 17.3. The van der Waals surface area contributed by atoms with Crippen LogP contribution in [0, 0.1) is 6.92 Å². The average Bonchev–Trinajstić information content (AvgIpc) is 3.17. The summed E-state index contributed by atoms with van der Waals surface area (Å²) < 4.78 is 23.3. The van der Waals surface area contributed by atoms with Crippen LogP contribution in [0.15, 0.2) is 70.9 Å². The van der Waals surface area contributed by atoms with Gasteiger partial charge in [0.25, 0.3) is 0 Å². The Kier molecular flexibility index (Phi) is 6.28. The molecular formula is C21H22N2O3S2. The van der Waals surface area contributed by atoms with Gasteiger partial charge in [-0.2, -0.15) is 0 Å². The van der Waals surface area contributed by atoms with E-state index in [0.717, 1.165) is 16.7 Å². The first-order valence-electron chi connectivity index (χ1n) is 8.76. The van der Waals surface area contributed by atoms with Gasteiger partial charge in [0, 0.05) is 16.8 Å². The van der Waals surface area contributed by atoms with Crippen molar-refractivity contribution >= 4 is 32.8 Å². The monoisotopic (exact) mass is 414 g/mol. The van der Waals surface area contributed by atoms with Crippen LogP contribution < -0.4 is 10.6 Å². The van der Waals surface area contributed by atoms with Gasteiger partial charge in [0.15, 0.2) is 9.84 Å². The topological polar surface area (TPSA) is 75.3 Å². The summed E-state index contributed by atoms with van der Waals surface area (Å²) in [5, 5.41) is 8.06. The fourth-order valence-electron chi connectivity index (χ4n) is 2.80. The number of carbonyl (C=O) groups excluding carboxylic acids is 1. The molecule has 0 aliphatic carbocycles. The molecule has 0 fully saturated rings. The molecule has 0 aliphatic rings. The van der Waals surface area contributed by atoms with E-state index in [-0.39, 0.29) is 23.4 Å². The average molecular weight is 415 g/mol. The summed E-state index contributed by atoms with van der Waals surface area (Å²) in [5.41, 5.74) is 2.72. The molecule has 1 heterocycles. The molecule has 0 bridgehead atoms. The summed E-state index contributed by atoms with van der Waals surface area (Å²) >= 11 is 1.63. The number of aryl methyl sites for hydroxylation is 1. The van der Waals surface area contributed by atoms with Crippen molar-refractivity contribution < 1.29 is 13.2 Å². The molecule has 0 aliphatic heterocycles. The molecule has 1 aromatic heterocycles. The highest BCUT2D eigenvalue weighted by atomic mass is 32.2. The van der Waals surface area contributed by atoms with Crippen LogP contribution in [0.4, 0.5) is 5.69 Å². The number of nitrogens with one attached hydrogen (secondary N) is 2. The van der Waals surface area contributed by atoms with E-state index in [4.69, 9.17) is 0 Å². The lowest BCUT2D eigenvalue weighted by Gasteiger charge is -2.18. The smallest absolute Gasteiger partial charge is 0.238 e. The van der Waals surface area contributed by atoms with E-state index >= 15 is 0 Å². The largest absolute Gasteiger partial charge is 0.325 e. The molecule has 5 nitrogen and oxygen atoms in total. The van der Waals surface area contributed by atoms with Crippen LogP contribution in [-0.2, 0) is 14.6 Å². The Morgan fingerprint density at radius 2 is 1.82 bits per heavy atom. The fraction of sp³-hybridized carbons (Fsp3) is 0.190. The van der Waals surface area contributed by atoms with Gasteiger partial charge in [0.2, 0.25) is 5.91 Å². The van der Waals surface area contributed by atoms with Crippen molar-refractivity contribution in [3.8, 4) is 0 Å². The van der Waals surface area contributed by atoms with Crippen LogP contribution >= 0.6 is 11.3 Å². The second-order valence-corrected chi connectivity index (χ2v) is 9.58. The zero-order chi connectivity index (χ0) is 20.1.